The van der Waals surface area contributed by atoms with Crippen LogP contribution in [0.1, 0.15) is 55.9 Å². The Balaban J connectivity index is 1.57. The summed E-state index contributed by atoms with van der Waals surface area (Å²) in [6.07, 6.45) is 3.76. The van der Waals surface area contributed by atoms with Gasteiger partial charge in [-0.1, -0.05) is 37.6 Å². The van der Waals surface area contributed by atoms with Gasteiger partial charge in [-0.05, 0) is 62.4 Å². The monoisotopic (exact) mass is 470 g/mol. The first-order valence-electron chi connectivity index (χ1n) is 11.6. The van der Waals surface area contributed by atoms with Gasteiger partial charge in [0.2, 0.25) is 0 Å². The highest BCUT2D eigenvalue weighted by Gasteiger charge is 2.18. The molecule has 1 amide bonds. The molecule has 1 aromatic carbocycles. The minimum Gasteiger partial charge on any atom is -0.379 e. The summed E-state index contributed by atoms with van der Waals surface area (Å²) >= 11 is 6.14. The van der Waals surface area contributed by atoms with Gasteiger partial charge in [0.05, 0.1) is 16.8 Å². The van der Waals surface area contributed by atoms with E-state index in [4.69, 9.17) is 16.3 Å². The molecular weight excluding hydrogens is 436 g/mol. The fourth-order valence-electron chi connectivity index (χ4n) is 3.67. The number of ether oxygens (including phenoxy) is 1. The molecule has 1 atom stereocenters. The maximum Gasteiger partial charge on any atom is 0.270 e. The number of hydrogen-bond acceptors (Lipinski definition) is 4. The van der Waals surface area contributed by atoms with Gasteiger partial charge in [0.15, 0.2) is 0 Å². The van der Waals surface area contributed by atoms with Gasteiger partial charge in [0.1, 0.15) is 11.3 Å². The number of nitrogens with one attached hydrogen (secondary N) is 1. The molecule has 0 aliphatic carbocycles. The quantitative estimate of drug-likeness (QED) is 0.409. The highest BCUT2D eigenvalue weighted by molar-refractivity contribution is 6.30. The van der Waals surface area contributed by atoms with Crippen LogP contribution in [0.3, 0.4) is 0 Å². The van der Waals surface area contributed by atoms with Crippen molar-refractivity contribution in [2.45, 2.75) is 53.2 Å². The lowest BCUT2D eigenvalue weighted by atomic mass is 10.1. The molecule has 0 aliphatic rings. The van der Waals surface area contributed by atoms with Crippen LogP contribution in [0.5, 0.6) is 0 Å². The van der Waals surface area contributed by atoms with Gasteiger partial charge in [-0.3, -0.25) is 9.20 Å². The number of aryl methyl sites for hydroxylation is 1. The number of amides is 1. The summed E-state index contributed by atoms with van der Waals surface area (Å²) in [7, 11) is 2.11. The Morgan fingerprint density at radius 1 is 1.18 bits per heavy atom. The van der Waals surface area contributed by atoms with E-state index in [2.05, 4.69) is 67.3 Å². The summed E-state index contributed by atoms with van der Waals surface area (Å²) in [5, 5.41) is 3.60. The maximum atomic E-state index is 13.0. The van der Waals surface area contributed by atoms with E-state index in [9.17, 15) is 4.79 Å². The Morgan fingerprint density at radius 2 is 1.91 bits per heavy atom. The Kier molecular flexibility index (Phi) is 8.75. The zero-order chi connectivity index (χ0) is 24.0. The smallest absolute Gasteiger partial charge is 0.270 e. The molecule has 3 rings (SSSR count). The number of fused-ring (bicyclic) bond motifs is 1. The van der Waals surface area contributed by atoms with Crippen LogP contribution in [0, 0.1) is 5.92 Å². The number of carbonyl (C=O) groups is 1. The molecule has 1 unspecified atom stereocenters. The fraction of sp³-hybridized carbons (Fsp3) is 0.462. The summed E-state index contributed by atoms with van der Waals surface area (Å²) in [5.41, 5.74) is 4.23. The Morgan fingerprint density at radius 3 is 2.58 bits per heavy atom. The number of aromatic nitrogens is 2. The standard InChI is InChI=1S/C26H35ClN4O2/c1-6-23-25(31-16-21(27)9-12-24(31)29-23)26(32)28-15-20-7-10-22(11-8-20)30(5)14-13-19(4)17-33-18(2)3/h7-12,16,18-19H,6,13-15,17H2,1-5H3,(H,28,32). The SMILES string of the molecule is CCc1nc2ccc(Cl)cn2c1C(=O)NCc1ccc(N(C)CCC(C)COC(C)C)cc1. The third-order valence-corrected chi connectivity index (χ3v) is 5.93. The van der Waals surface area contributed by atoms with Crippen LogP contribution in [0.25, 0.3) is 5.65 Å². The van der Waals surface area contributed by atoms with Gasteiger partial charge in [-0.15, -0.1) is 0 Å². The molecule has 2 aromatic heterocycles. The molecule has 2 heterocycles. The normalized spacial score (nSPS) is 12.3. The minimum absolute atomic E-state index is 0.152. The number of carbonyl (C=O) groups excluding carboxylic acids is 1. The first kappa shape index (κ1) is 25.1. The number of halogens is 1. The zero-order valence-corrected chi connectivity index (χ0v) is 21.0. The van der Waals surface area contributed by atoms with E-state index >= 15 is 0 Å². The molecule has 7 heteroatoms. The number of hydrogen-bond donors (Lipinski definition) is 1. The van der Waals surface area contributed by atoms with E-state index in [1.165, 1.54) is 0 Å². The minimum atomic E-state index is -0.152. The lowest BCUT2D eigenvalue weighted by molar-refractivity contribution is 0.0538. The molecular formula is C26H35ClN4O2. The molecule has 0 saturated carbocycles. The van der Waals surface area contributed by atoms with Crippen molar-refractivity contribution in [3.05, 3.63) is 64.6 Å². The maximum absolute atomic E-state index is 13.0. The van der Waals surface area contributed by atoms with E-state index in [-0.39, 0.29) is 12.0 Å². The number of anilines is 1. The van der Waals surface area contributed by atoms with Crippen LogP contribution in [-0.2, 0) is 17.7 Å². The summed E-state index contributed by atoms with van der Waals surface area (Å²) < 4.78 is 7.47. The lowest BCUT2D eigenvalue weighted by Gasteiger charge is -2.22. The Labute approximate surface area is 201 Å². The summed E-state index contributed by atoms with van der Waals surface area (Å²) in [5.74, 6) is 0.368. The Bertz CT molecular complexity index is 1060. The topological polar surface area (TPSA) is 58.9 Å². The van der Waals surface area contributed by atoms with Crippen LogP contribution < -0.4 is 10.2 Å². The van der Waals surface area contributed by atoms with Crippen molar-refractivity contribution in [2.75, 3.05) is 25.1 Å². The van der Waals surface area contributed by atoms with E-state index in [0.717, 1.165) is 42.2 Å². The van der Waals surface area contributed by atoms with Gasteiger partial charge in [0.25, 0.3) is 5.91 Å². The molecule has 0 radical (unpaired) electrons. The van der Waals surface area contributed by atoms with Gasteiger partial charge in [-0.25, -0.2) is 4.98 Å². The Hall–Kier alpha value is -2.57. The van der Waals surface area contributed by atoms with E-state index in [1.54, 1.807) is 16.7 Å². The van der Waals surface area contributed by atoms with Crippen molar-refractivity contribution in [2.24, 2.45) is 5.92 Å². The average Bonchev–Trinajstić information content (AvgIpc) is 3.17. The van der Waals surface area contributed by atoms with Crippen molar-refractivity contribution < 1.29 is 9.53 Å². The zero-order valence-electron chi connectivity index (χ0n) is 20.3. The number of imidazole rings is 1. The molecule has 1 N–H and O–H groups in total. The molecule has 33 heavy (non-hydrogen) atoms. The molecule has 0 aliphatic heterocycles. The number of benzene rings is 1. The highest BCUT2D eigenvalue weighted by Crippen LogP contribution is 2.19. The lowest BCUT2D eigenvalue weighted by Crippen LogP contribution is -2.25. The van der Waals surface area contributed by atoms with Crippen LogP contribution in [-0.4, -0.2) is 41.6 Å². The largest absolute Gasteiger partial charge is 0.379 e. The van der Waals surface area contributed by atoms with Gasteiger partial charge in [-0.2, -0.15) is 0 Å². The first-order valence-corrected chi connectivity index (χ1v) is 12.0. The van der Waals surface area contributed by atoms with Crippen molar-refractivity contribution in [1.82, 2.24) is 14.7 Å². The van der Waals surface area contributed by atoms with Crippen molar-refractivity contribution in [3.63, 3.8) is 0 Å². The number of nitrogens with zero attached hydrogens (tertiary/aromatic N) is 3. The predicted molar refractivity (Wildman–Crippen MR) is 135 cm³/mol. The summed E-state index contributed by atoms with van der Waals surface area (Å²) in [6, 6.07) is 11.9. The third kappa shape index (κ3) is 6.71. The highest BCUT2D eigenvalue weighted by atomic mass is 35.5. The number of rotatable bonds is 11. The second-order valence-electron chi connectivity index (χ2n) is 8.88. The van der Waals surface area contributed by atoms with E-state index < -0.39 is 0 Å². The van der Waals surface area contributed by atoms with Gasteiger partial charge < -0.3 is 15.0 Å². The van der Waals surface area contributed by atoms with Crippen molar-refractivity contribution in [1.29, 1.82) is 0 Å². The summed E-state index contributed by atoms with van der Waals surface area (Å²) in [6.45, 7) is 10.6. The van der Waals surface area contributed by atoms with Crippen LogP contribution in [0.15, 0.2) is 42.6 Å². The van der Waals surface area contributed by atoms with E-state index in [1.807, 2.05) is 13.0 Å². The second-order valence-corrected chi connectivity index (χ2v) is 9.32. The molecule has 178 valence electrons. The van der Waals surface area contributed by atoms with Gasteiger partial charge in [0, 0.05) is 38.6 Å². The third-order valence-electron chi connectivity index (χ3n) is 5.71. The summed E-state index contributed by atoms with van der Waals surface area (Å²) in [4.78, 5) is 19.8. The van der Waals surface area contributed by atoms with Crippen molar-refractivity contribution in [3.8, 4) is 0 Å². The molecule has 3 aromatic rings. The molecule has 0 bridgehead atoms. The molecule has 0 fully saturated rings. The van der Waals surface area contributed by atoms with Crippen LogP contribution in [0.2, 0.25) is 5.02 Å². The molecule has 6 nitrogen and oxygen atoms in total. The molecule has 0 spiro atoms. The number of pyridine rings is 1. The fourth-order valence-corrected chi connectivity index (χ4v) is 3.83. The van der Waals surface area contributed by atoms with Crippen LogP contribution >= 0.6 is 11.6 Å². The average molecular weight is 471 g/mol. The van der Waals surface area contributed by atoms with E-state index in [0.29, 0.717) is 29.6 Å². The first-order chi connectivity index (χ1) is 15.8. The predicted octanol–water partition coefficient (Wildman–Crippen LogP) is 5.37. The second kappa shape index (κ2) is 11.5. The van der Waals surface area contributed by atoms with Crippen LogP contribution in [0.4, 0.5) is 5.69 Å². The van der Waals surface area contributed by atoms with Gasteiger partial charge >= 0.3 is 0 Å². The van der Waals surface area contributed by atoms with Crippen molar-refractivity contribution >= 4 is 28.8 Å². The molecule has 0 saturated heterocycles.